The predicted octanol–water partition coefficient (Wildman–Crippen LogP) is 2.86. The number of thiophene rings is 1. The van der Waals surface area contributed by atoms with E-state index in [0.717, 1.165) is 31.8 Å². The quantitative estimate of drug-likeness (QED) is 0.387. The number of carbonyl (C=O) groups is 1. The first kappa shape index (κ1) is 21.2. The number of nitrogens with one attached hydrogen (secondary N) is 2. The maximum Gasteiger partial charge on any atom is 0.239 e. The molecule has 5 nitrogen and oxygen atoms in total. The van der Waals surface area contributed by atoms with Crippen molar-refractivity contribution in [2.45, 2.75) is 44.6 Å². The van der Waals surface area contributed by atoms with Crippen molar-refractivity contribution in [1.82, 2.24) is 15.5 Å². The average molecular weight is 464 g/mol. The van der Waals surface area contributed by atoms with Gasteiger partial charge >= 0.3 is 0 Å². The molecular formula is C17H29IN4OS. The summed E-state index contributed by atoms with van der Waals surface area (Å²) in [4.78, 5) is 19.7. The zero-order chi connectivity index (χ0) is 16.5. The van der Waals surface area contributed by atoms with Crippen LogP contribution in [-0.4, -0.2) is 50.0 Å². The lowest BCUT2D eigenvalue weighted by Gasteiger charge is -2.24. The van der Waals surface area contributed by atoms with Gasteiger partial charge in [-0.3, -0.25) is 9.79 Å². The molecule has 7 heteroatoms. The molecule has 0 aromatic carbocycles. The van der Waals surface area contributed by atoms with Crippen LogP contribution in [0.2, 0.25) is 0 Å². The Morgan fingerprint density at radius 3 is 2.75 bits per heavy atom. The number of hydrogen-bond acceptors (Lipinski definition) is 3. The number of hydrogen-bond donors (Lipinski definition) is 2. The summed E-state index contributed by atoms with van der Waals surface area (Å²) in [6.45, 7) is 1.16. The summed E-state index contributed by atoms with van der Waals surface area (Å²) >= 11 is 1.77. The fraction of sp³-hybridized carbons (Fsp3) is 0.647. The van der Waals surface area contributed by atoms with Gasteiger partial charge in [-0.25, -0.2) is 0 Å². The van der Waals surface area contributed by atoms with Crippen molar-refractivity contribution in [1.29, 1.82) is 0 Å². The Labute approximate surface area is 166 Å². The normalized spacial score (nSPS) is 15.5. The maximum atomic E-state index is 12.1. The van der Waals surface area contributed by atoms with Gasteiger partial charge < -0.3 is 15.5 Å². The second kappa shape index (κ2) is 11.7. The van der Waals surface area contributed by atoms with Crippen LogP contribution in [0.4, 0.5) is 0 Å². The van der Waals surface area contributed by atoms with Crippen LogP contribution in [0.25, 0.3) is 0 Å². The van der Waals surface area contributed by atoms with E-state index >= 15 is 0 Å². The van der Waals surface area contributed by atoms with E-state index in [-0.39, 0.29) is 36.4 Å². The fourth-order valence-electron chi connectivity index (χ4n) is 2.91. The number of halogens is 1. The lowest BCUT2D eigenvalue weighted by molar-refractivity contribution is -0.120. The van der Waals surface area contributed by atoms with Gasteiger partial charge in [0.05, 0.1) is 6.54 Å². The van der Waals surface area contributed by atoms with Gasteiger partial charge in [-0.05, 0) is 30.7 Å². The van der Waals surface area contributed by atoms with Crippen LogP contribution < -0.4 is 10.6 Å². The zero-order valence-corrected chi connectivity index (χ0v) is 17.7. The topological polar surface area (TPSA) is 56.7 Å². The van der Waals surface area contributed by atoms with Crippen LogP contribution in [0.5, 0.6) is 0 Å². The van der Waals surface area contributed by atoms with E-state index in [9.17, 15) is 4.79 Å². The van der Waals surface area contributed by atoms with Gasteiger partial charge in [0, 0.05) is 31.6 Å². The third kappa shape index (κ3) is 7.38. The van der Waals surface area contributed by atoms with E-state index in [2.05, 4.69) is 38.0 Å². The van der Waals surface area contributed by atoms with Crippen LogP contribution >= 0.6 is 35.3 Å². The molecule has 1 heterocycles. The third-order valence-electron chi connectivity index (χ3n) is 4.22. The average Bonchev–Trinajstić information content (AvgIpc) is 3.08. The van der Waals surface area contributed by atoms with Crippen molar-refractivity contribution >= 4 is 47.2 Å². The minimum absolute atomic E-state index is 0. The summed E-state index contributed by atoms with van der Waals surface area (Å²) in [5.41, 5.74) is 0. The SMILES string of the molecule is CN=C(NCC(=O)NC1CCCCC1)N(C)CCc1cccs1.I. The molecule has 2 N–H and O–H groups in total. The molecule has 0 atom stereocenters. The molecule has 24 heavy (non-hydrogen) atoms. The number of rotatable bonds is 6. The highest BCUT2D eigenvalue weighted by molar-refractivity contribution is 14.0. The number of amides is 1. The minimum Gasteiger partial charge on any atom is -0.352 e. The molecule has 2 rings (SSSR count). The fourth-order valence-corrected chi connectivity index (χ4v) is 3.61. The molecule has 1 aliphatic carbocycles. The molecule has 0 saturated heterocycles. The van der Waals surface area contributed by atoms with Crippen LogP contribution in [0, 0.1) is 0 Å². The molecular weight excluding hydrogens is 435 g/mol. The summed E-state index contributed by atoms with van der Waals surface area (Å²) in [7, 11) is 3.75. The van der Waals surface area contributed by atoms with E-state index in [1.807, 2.05) is 7.05 Å². The van der Waals surface area contributed by atoms with Crippen LogP contribution in [0.3, 0.4) is 0 Å². The van der Waals surface area contributed by atoms with Gasteiger partial charge in [-0.1, -0.05) is 25.3 Å². The van der Waals surface area contributed by atoms with Crippen LogP contribution in [0.15, 0.2) is 22.5 Å². The van der Waals surface area contributed by atoms with E-state index in [0.29, 0.717) is 6.04 Å². The monoisotopic (exact) mass is 464 g/mol. The van der Waals surface area contributed by atoms with Crippen molar-refractivity contribution in [2.24, 2.45) is 4.99 Å². The summed E-state index contributed by atoms with van der Waals surface area (Å²) in [5, 5.41) is 8.37. The van der Waals surface area contributed by atoms with Gasteiger partial charge in [0.2, 0.25) is 5.91 Å². The maximum absolute atomic E-state index is 12.1. The highest BCUT2D eigenvalue weighted by Gasteiger charge is 2.16. The van der Waals surface area contributed by atoms with Gasteiger partial charge in [0.1, 0.15) is 0 Å². The molecule has 0 bridgehead atoms. The Bertz CT molecular complexity index is 501. The Morgan fingerprint density at radius 1 is 1.38 bits per heavy atom. The van der Waals surface area contributed by atoms with Gasteiger partial charge in [-0.15, -0.1) is 35.3 Å². The molecule has 1 saturated carbocycles. The number of likely N-dealkylation sites (N-methyl/N-ethyl adjacent to an activating group) is 1. The van der Waals surface area contributed by atoms with Crippen molar-refractivity contribution in [3.05, 3.63) is 22.4 Å². The van der Waals surface area contributed by atoms with Crippen molar-refractivity contribution in [3.63, 3.8) is 0 Å². The first-order valence-corrected chi connectivity index (χ1v) is 9.30. The van der Waals surface area contributed by atoms with E-state index < -0.39 is 0 Å². The van der Waals surface area contributed by atoms with Gasteiger partial charge in [0.15, 0.2) is 5.96 Å². The molecule has 0 aliphatic heterocycles. The highest BCUT2D eigenvalue weighted by Crippen LogP contribution is 2.17. The number of nitrogens with zero attached hydrogens (tertiary/aromatic N) is 2. The lowest BCUT2D eigenvalue weighted by Crippen LogP contribution is -2.46. The van der Waals surface area contributed by atoms with Crippen LogP contribution in [-0.2, 0) is 11.2 Å². The molecule has 0 spiro atoms. The summed E-state index contributed by atoms with van der Waals surface area (Å²) in [6, 6.07) is 4.58. The number of aliphatic imine (C=N–C) groups is 1. The zero-order valence-electron chi connectivity index (χ0n) is 14.6. The third-order valence-corrected chi connectivity index (χ3v) is 5.16. The van der Waals surface area contributed by atoms with Gasteiger partial charge in [-0.2, -0.15) is 0 Å². The van der Waals surface area contributed by atoms with E-state index in [1.54, 1.807) is 18.4 Å². The van der Waals surface area contributed by atoms with Crippen molar-refractivity contribution < 1.29 is 4.79 Å². The minimum atomic E-state index is 0. The summed E-state index contributed by atoms with van der Waals surface area (Å²) in [6.07, 6.45) is 6.97. The molecule has 1 aromatic rings. The van der Waals surface area contributed by atoms with E-state index in [4.69, 9.17) is 0 Å². The second-order valence-corrected chi connectivity index (χ2v) is 7.09. The lowest BCUT2D eigenvalue weighted by atomic mass is 9.95. The van der Waals surface area contributed by atoms with Crippen molar-refractivity contribution in [3.8, 4) is 0 Å². The Kier molecular flexibility index (Phi) is 10.3. The smallest absolute Gasteiger partial charge is 0.239 e. The molecule has 1 aromatic heterocycles. The van der Waals surface area contributed by atoms with Crippen LogP contribution in [0.1, 0.15) is 37.0 Å². The number of guanidine groups is 1. The Hall–Kier alpha value is -0.830. The molecule has 1 aliphatic rings. The first-order chi connectivity index (χ1) is 11.2. The molecule has 136 valence electrons. The molecule has 0 unspecified atom stereocenters. The summed E-state index contributed by atoms with van der Waals surface area (Å²) in [5.74, 6) is 0.824. The summed E-state index contributed by atoms with van der Waals surface area (Å²) < 4.78 is 0. The van der Waals surface area contributed by atoms with Gasteiger partial charge in [0.25, 0.3) is 0 Å². The Balaban J connectivity index is 0.00000288. The molecule has 0 radical (unpaired) electrons. The largest absolute Gasteiger partial charge is 0.352 e. The number of carbonyl (C=O) groups excluding carboxylic acids is 1. The first-order valence-electron chi connectivity index (χ1n) is 8.42. The second-order valence-electron chi connectivity index (χ2n) is 6.05. The highest BCUT2D eigenvalue weighted by atomic mass is 127. The van der Waals surface area contributed by atoms with Crippen molar-refractivity contribution in [2.75, 3.05) is 27.2 Å². The predicted molar refractivity (Wildman–Crippen MR) is 112 cm³/mol. The molecule has 1 amide bonds. The Morgan fingerprint density at radius 2 is 2.12 bits per heavy atom. The van der Waals surface area contributed by atoms with E-state index in [1.165, 1.54) is 24.1 Å². The molecule has 1 fully saturated rings. The standard InChI is InChI=1S/C17H28N4OS.HI/c1-18-17(21(2)11-10-15-9-6-12-23-15)19-13-16(22)20-14-7-4-3-5-8-14;/h6,9,12,14H,3-5,7-8,10-11,13H2,1-2H3,(H,18,19)(H,20,22);1H.